The normalized spacial score (nSPS) is 25.4. The van der Waals surface area contributed by atoms with Crippen LogP contribution in [0.1, 0.15) is 24.1 Å². The van der Waals surface area contributed by atoms with Gasteiger partial charge in [0.2, 0.25) is 12.7 Å². The molecular weight excluding hydrogens is 438 g/mol. The van der Waals surface area contributed by atoms with Crippen LogP contribution >= 0.6 is 23.8 Å². The molecule has 3 heterocycles. The van der Waals surface area contributed by atoms with Crippen LogP contribution in [0.5, 0.6) is 17.2 Å². The Bertz CT molecular complexity index is 1090. The molecule has 0 spiro atoms. The molecular formula is C22H22ClN3O4S. The van der Waals surface area contributed by atoms with Crippen molar-refractivity contribution in [2.45, 2.75) is 25.2 Å². The number of hydrogen-bond acceptors (Lipinski definition) is 5. The quantitative estimate of drug-likeness (QED) is 0.706. The molecule has 2 aromatic rings. The van der Waals surface area contributed by atoms with Gasteiger partial charge in [-0.3, -0.25) is 4.79 Å². The first kappa shape index (κ1) is 20.2. The number of ether oxygens (including phenoxy) is 3. The number of thiocarbonyl (C=S) groups is 1. The number of benzene rings is 2. The zero-order valence-corrected chi connectivity index (χ0v) is 18.9. The van der Waals surface area contributed by atoms with Crippen molar-refractivity contribution in [3.63, 3.8) is 0 Å². The number of amides is 1. The molecule has 0 saturated carbocycles. The van der Waals surface area contributed by atoms with Crippen LogP contribution in [0.25, 0.3) is 0 Å². The van der Waals surface area contributed by atoms with Crippen LogP contribution in [0.15, 0.2) is 36.4 Å². The molecule has 0 aromatic heterocycles. The molecule has 9 heteroatoms. The smallest absolute Gasteiger partial charge is 0.233 e. The fraction of sp³-hybridized carbons (Fsp3) is 0.364. The molecule has 3 aliphatic rings. The molecule has 3 aliphatic heterocycles. The third-order valence-electron chi connectivity index (χ3n) is 6.08. The highest BCUT2D eigenvalue weighted by molar-refractivity contribution is 7.80. The molecule has 1 N–H and O–H groups in total. The maximum absolute atomic E-state index is 13.3. The van der Waals surface area contributed by atoms with Crippen molar-refractivity contribution in [3.05, 3.63) is 52.5 Å². The topological polar surface area (TPSA) is 63.3 Å². The van der Waals surface area contributed by atoms with Gasteiger partial charge in [-0.25, -0.2) is 0 Å². The summed E-state index contributed by atoms with van der Waals surface area (Å²) in [5.74, 6) is 1.51. The maximum Gasteiger partial charge on any atom is 0.233 e. The molecule has 162 valence electrons. The zero-order chi connectivity index (χ0) is 21.9. The van der Waals surface area contributed by atoms with E-state index in [0.717, 1.165) is 16.9 Å². The minimum absolute atomic E-state index is 0.0520. The van der Waals surface area contributed by atoms with Gasteiger partial charge in [0, 0.05) is 31.2 Å². The first-order valence-corrected chi connectivity index (χ1v) is 10.7. The van der Waals surface area contributed by atoms with Crippen LogP contribution in [0.4, 0.5) is 0 Å². The fourth-order valence-electron chi connectivity index (χ4n) is 4.53. The maximum atomic E-state index is 13.3. The Balaban J connectivity index is 1.58. The monoisotopic (exact) mass is 459 g/mol. The second-order valence-electron chi connectivity index (χ2n) is 8.25. The minimum Gasteiger partial charge on any atom is -0.467 e. The summed E-state index contributed by atoms with van der Waals surface area (Å²) in [5.41, 5.74) is 0.802. The summed E-state index contributed by atoms with van der Waals surface area (Å²) < 4.78 is 17.4. The average molecular weight is 460 g/mol. The van der Waals surface area contributed by atoms with Crippen LogP contribution in [0.2, 0.25) is 5.02 Å². The molecule has 2 bridgehead atoms. The van der Waals surface area contributed by atoms with E-state index in [-0.39, 0.29) is 18.7 Å². The molecule has 0 aliphatic carbocycles. The van der Waals surface area contributed by atoms with E-state index in [1.165, 1.54) is 0 Å². The lowest BCUT2D eigenvalue weighted by Crippen LogP contribution is -2.71. The molecule has 31 heavy (non-hydrogen) atoms. The average Bonchev–Trinajstić information content (AvgIpc) is 3.19. The molecule has 2 aromatic carbocycles. The molecule has 7 nitrogen and oxygen atoms in total. The highest BCUT2D eigenvalue weighted by Gasteiger charge is 2.58. The number of nitrogens with zero attached hydrogens (tertiary/aromatic N) is 2. The number of carbonyl (C=O) groups is 1. The van der Waals surface area contributed by atoms with Gasteiger partial charge in [0.05, 0.1) is 6.04 Å². The van der Waals surface area contributed by atoms with E-state index in [1.54, 1.807) is 25.1 Å². The zero-order valence-electron chi connectivity index (χ0n) is 17.3. The van der Waals surface area contributed by atoms with Crippen molar-refractivity contribution in [2.75, 3.05) is 20.9 Å². The van der Waals surface area contributed by atoms with E-state index in [0.29, 0.717) is 28.2 Å². The van der Waals surface area contributed by atoms with Gasteiger partial charge < -0.3 is 29.3 Å². The summed E-state index contributed by atoms with van der Waals surface area (Å²) in [5, 5.41) is 4.47. The molecule has 1 saturated heterocycles. The molecule has 0 radical (unpaired) electrons. The summed E-state index contributed by atoms with van der Waals surface area (Å²) in [7, 11) is 3.49. The highest BCUT2D eigenvalue weighted by atomic mass is 35.5. The van der Waals surface area contributed by atoms with Gasteiger partial charge >= 0.3 is 0 Å². The van der Waals surface area contributed by atoms with Gasteiger partial charge in [0.1, 0.15) is 11.7 Å². The van der Waals surface area contributed by atoms with Gasteiger partial charge in [-0.2, -0.15) is 0 Å². The largest absolute Gasteiger partial charge is 0.467 e. The van der Waals surface area contributed by atoms with E-state index >= 15 is 0 Å². The predicted molar refractivity (Wildman–Crippen MR) is 119 cm³/mol. The van der Waals surface area contributed by atoms with E-state index in [2.05, 4.69) is 5.32 Å². The van der Waals surface area contributed by atoms with Crippen molar-refractivity contribution in [1.82, 2.24) is 15.1 Å². The Morgan fingerprint density at radius 1 is 1.23 bits per heavy atom. The van der Waals surface area contributed by atoms with Gasteiger partial charge in [-0.15, -0.1) is 0 Å². The van der Waals surface area contributed by atoms with Crippen LogP contribution in [-0.4, -0.2) is 47.4 Å². The van der Waals surface area contributed by atoms with E-state index in [4.69, 9.17) is 38.0 Å². The SMILES string of the molecule is CN(C)C(=O)C1C2NC(=S)N(Cc3ccc4c(c3)OCO4)C1(C)Oc1ccc(Cl)cc12. The summed E-state index contributed by atoms with van der Waals surface area (Å²) in [4.78, 5) is 16.9. The highest BCUT2D eigenvalue weighted by Crippen LogP contribution is 2.49. The Labute approximate surface area is 190 Å². The van der Waals surface area contributed by atoms with Crippen LogP contribution in [0, 0.1) is 5.92 Å². The van der Waals surface area contributed by atoms with E-state index < -0.39 is 11.6 Å². The first-order chi connectivity index (χ1) is 14.8. The third kappa shape index (κ3) is 3.16. The summed E-state index contributed by atoms with van der Waals surface area (Å²) in [6, 6.07) is 10.9. The lowest BCUT2D eigenvalue weighted by atomic mass is 9.78. The number of halogens is 1. The number of hydrogen-bond donors (Lipinski definition) is 1. The fourth-order valence-corrected chi connectivity index (χ4v) is 5.08. The standard InChI is InChI=1S/C22H22ClN3O4S/c1-22-18(20(27)25(2)3)19(14-9-13(23)5-7-15(14)30-22)24-21(31)26(22)10-12-4-6-16-17(8-12)29-11-28-16/h4-9,18-19H,10-11H2,1-3H3,(H,24,31). The van der Waals surface area contributed by atoms with Crippen LogP contribution in [0.3, 0.4) is 0 Å². The van der Waals surface area contributed by atoms with Crippen LogP contribution in [-0.2, 0) is 11.3 Å². The number of fused-ring (bicyclic) bond motifs is 5. The van der Waals surface area contributed by atoms with Crippen molar-refractivity contribution in [2.24, 2.45) is 5.92 Å². The van der Waals surface area contributed by atoms with Crippen LogP contribution < -0.4 is 19.5 Å². The second-order valence-corrected chi connectivity index (χ2v) is 9.07. The summed E-state index contributed by atoms with van der Waals surface area (Å²) >= 11 is 12.0. The summed E-state index contributed by atoms with van der Waals surface area (Å²) in [6.07, 6.45) is 0. The van der Waals surface area contributed by atoms with Gasteiger partial charge in [-0.05, 0) is 55.0 Å². The Kier molecular flexibility index (Phi) is 4.67. The predicted octanol–water partition coefficient (Wildman–Crippen LogP) is 3.31. The molecule has 1 amide bonds. The lowest BCUT2D eigenvalue weighted by molar-refractivity contribution is -0.162. The summed E-state index contributed by atoms with van der Waals surface area (Å²) in [6.45, 7) is 2.57. The van der Waals surface area contributed by atoms with Crippen molar-refractivity contribution < 1.29 is 19.0 Å². The number of nitrogens with one attached hydrogen (secondary N) is 1. The molecule has 5 rings (SSSR count). The van der Waals surface area contributed by atoms with Gasteiger partial charge in [0.15, 0.2) is 22.3 Å². The lowest BCUT2D eigenvalue weighted by Gasteiger charge is -2.56. The van der Waals surface area contributed by atoms with E-state index in [9.17, 15) is 4.79 Å². The van der Waals surface area contributed by atoms with Crippen molar-refractivity contribution >= 4 is 34.8 Å². The number of carbonyl (C=O) groups excluding carboxylic acids is 1. The minimum atomic E-state index is -0.994. The third-order valence-corrected chi connectivity index (χ3v) is 6.65. The second kappa shape index (κ2) is 7.17. The van der Waals surface area contributed by atoms with E-state index in [1.807, 2.05) is 42.2 Å². The van der Waals surface area contributed by atoms with Crippen molar-refractivity contribution in [3.8, 4) is 17.2 Å². The van der Waals surface area contributed by atoms with Gasteiger partial charge in [-0.1, -0.05) is 17.7 Å². The first-order valence-electron chi connectivity index (χ1n) is 9.94. The molecule has 1 fully saturated rings. The Morgan fingerprint density at radius 2 is 1.97 bits per heavy atom. The molecule has 3 unspecified atom stereocenters. The Morgan fingerprint density at radius 3 is 2.74 bits per heavy atom. The number of rotatable bonds is 3. The van der Waals surface area contributed by atoms with Crippen molar-refractivity contribution in [1.29, 1.82) is 0 Å². The Hall–Kier alpha value is -2.71. The van der Waals surface area contributed by atoms with Gasteiger partial charge in [0.25, 0.3) is 0 Å². The molecule has 3 atom stereocenters.